The highest BCUT2D eigenvalue weighted by Gasteiger charge is 2.25. The maximum atomic E-state index is 13.4. The molecule has 0 spiro atoms. The van der Waals surface area contributed by atoms with Gasteiger partial charge in [0.05, 0.1) is 11.6 Å². The van der Waals surface area contributed by atoms with Crippen LogP contribution in [-0.4, -0.2) is 36.3 Å². The normalized spacial score (nSPS) is 13.5. The fraction of sp³-hybridized carbons (Fsp3) is 0.360. The molecule has 8 heteroatoms. The third-order valence-corrected chi connectivity index (χ3v) is 6.32. The lowest BCUT2D eigenvalue weighted by atomic mass is 9.99. The maximum absolute atomic E-state index is 13.4. The Morgan fingerprint density at radius 2 is 1.94 bits per heavy atom. The van der Waals surface area contributed by atoms with Gasteiger partial charge in [-0.2, -0.15) is 0 Å². The van der Waals surface area contributed by atoms with Gasteiger partial charge in [-0.25, -0.2) is 0 Å². The second kappa shape index (κ2) is 9.45. The highest BCUT2D eigenvalue weighted by Crippen LogP contribution is 2.38. The number of ketones is 1. The molecule has 7 nitrogen and oxygen atoms in total. The first-order chi connectivity index (χ1) is 15.8. The summed E-state index contributed by atoms with van der Waals surface area (Å²) in [6.45, 7) is 4.49. The zero-order valence-electron chi connectivity index (χ0n) is 18.9. The first kappa shape index (κ1) is 23.1. The lowest BCUT2D eigenvalue weighted by Gasteiger charge is -2.14. The molecule has 0 radical (unpaired) electrons. The van der Waals surface area contributed by atoms with E-state index >= 15 is 0 Å². The van der Waals surface area contributed by atoms with Crippen molar-refractivity contribution in [1.82, 2.24) is 4.57 Å². The number of hydrogen-bond donors (Lipinski definition) is 1. The van der Waals surface area contributed by atoms with Crippen molar-refractivity contribution in [1.29, 1.82) is 0 Å². The van der Waals surface area contributed by atoms with Crippen LogP contribution in [0.1, 0.15) is 58.7 Å². The summed E-state index contributed by atoms with van der Waals surface area (Å²) in [5, 5.41) is 1.32. The van der Waals surface area contributed by atoms with Crippen LogP contribution in [0.4, 0.5) is 0 Å². The summed E-state index contributed by atoms with van der Waals surface area (Å²) >= 11 is 6.57. The molecule has 33 heavy (non-hydrogen) atoms. The minimum Gasteiger partial charge on any atom is -0.454 e. The SMILES string of the molecule is CCCc1c(C(=O)CC(C)OC)c2ccc(C(N)=O)cc2n1Cc1cc2c(cc1Cl)OCO2. The molecule has 1 unspecified atom stereocenters. The quantitative estimate of drug-likeness (QED) is 0.456. The molecule has 0 aliphatic carbocycles. The second-order valence-corrected chi connectivity index (χ2v) is 8.63. The number of ether oxygens (including phenoxy) is 3. The van der Waals surface area contributed by atoms with Crippen LogP contribution in [0.2, 0.25) is 5.02 Å². The molecule has 0 saturated heterocycles. The maximum Gasteiger partial charge on any atom is 0.248 e. The number of primary amides is 1. The molecule has 1 aliphatic rings. The Kier molecular flexibility index (Phi) is 6.63. The van der Waals surface area contributed by atoms with Gasteiger partial charge in [0.15, 0.2) is 17.3 Å². The summed E-state index contributed by atoms with van der Waals surface area (Å²) in [4.78, 5) is 25.3. The van der Waals surface area contributed by atoms with E-state index in [4.69, 9.17) is 31.5 Å². The van der Waals surface area contributed by atoms with Gasteiger partial charge in [0.1, 0.15) is 0 Å². The lowest BCUT2D eigenvalue weighted by molar-refractivity contribution is 0.0792. The third-order valence-electron chi connectivity index (χ3n) is 5.97. The molecule has 0 fully saturated rings. The fourth-order valence-corrected chi connectivity index (χ4v) is 4.45. The molecule has 0 saturated carbocycles. The van der Waals surface area contributed by atoms with E-state index in [0.717, 1.165) is 28.6 Å². The number of halogens is 1. The number of amides is 1. The number of hydrogen-bond acceptors (Lipinski definition) is 5. The summed E-state index contributed by atoms with van der Waals surface area (Å²) in [6.07, 6.45) is 1.58. The molecular weight excluding hydrogens is 444 g/mol. The first-order valence-electron chi connectivity index (χ1n) is 10.9. The molecule has 1 aliphatic heterocycles. The van der Waals surface area contributed by atoms with Gasteiger partial charge in [-0.3, -0.25) is 9.59 Å². The number of Topliss-reactive ketones (excluding diaryl/α,β-unsaturated/α-hetero) is 1. The Morgan fingerprint density at radius 1 is 1.21 bits per heavy atom. The van der Waals surface area contributed by atoms with E-state index in [1.54, 1.807) is 31.4 Å². The average molecular weight is 471 g/mol. The number of fused-ring (bicyclic) bond motifs is 2. The molecule has 2 heterocycles. The van der Waals surface area contributed by atoms with Crippen LogP contribution in [0.25, 0.3) is 10.9 Å². The van der Waals surface area contributed by atoms with E-state index in [0.29, 0.717) is 40.6 Å². The summed E-state index contributed by atoms with van der Waals surface area (Å²) in [6, 6.07) is 8.81. The van der Waals surface area contributed by atoms with E-state index in [2.05, 4.69) is 11.5 Å². The lowest BCUT2D eigenvalue weighted by Crippen LogP contribution is -2.15. The molecule has 1 aromatic heterocycles. The molecule has 0 bridgehead atoms. The molecule has 1 amide bonds. The van der Waals surface area contributed by atoms with E-state index in [-0.39, 0.29) is 25.1 Å². The van der Waals surface area contributed by atoms with Crippen LogP contribution in [-0.2, 0) is 17.7 Å². The number of methoxy groups -OCH3 is 1. The minimum absolute atomic E-state index is 0.000147. The highest BCUT2D eigenvalue weighted by molar-refractivity contribution is 6.31. The molecule has 174 valence electrons. The zero-order valence-corrected chi connectivity index (χ0v) is 19.7. The van der Waals surface area contributed by atoms with E-state index in [1.165, 1.54) is 0 Å². The average Bonchev–Trinajstić information content (AvgIpc) is 3.35. The minimum atomic E-state index is -0.524. The number of carbonyl (C=O) groups is 2. The molecule has 3 aromatic rings. The van der Waals surface area contributed by atoms with Crippen molar-refractivity contribution >= 4 is 34.2 Å². The van der Waals surface area contributed by atoms with Crippen LogP contribution in [0, 0.1) is 0 Å². The highest BCUT2D eigenvalue weighted by atomic mass is 35.5. The summed E-state index contributed by atoms with van der Waals surface area (Å²) in [5.74, 6) is 0.713. The van der Waals surface area contributed by atoms with E-state index < -0.39 is 5.91 Å². The standard InChI is InChI=1S/C25H27ClN2O5/c1-4-5-19-24(21(29)8-14(2)31-3)17-7-6-15(25(27)30)9-20(17)28(19)12-16-10-22-23(11-18(16)26)33-13-32-22/h6-7,9-11,14H,4-5,8,12-13H2,1-3H3,(H2,27,30). The van der Waals surface area contributed by atoms with Gasteiger partial charge in [0, 0.05) is 53.4 Å². The molecule has 2 aromatic carbocycles. The van der Waals surface area contributed by atoms with Gasteiger partial charge in [-0.15, -0.1) is 0 Å². The number of carbonyl (C=O) groups excluding carboxylic acids is 2. The van der Waals surface area contributed by atoms with Gasteiger partial charge in [0.2, 0.25) is 12.7 Å². The Labute approximate surface area is 197 Å². The predicted octanol–water partition coefficient (Wildman–Crippen LogP) is 4.73. The molecular formula is C25H27ClN2O5. The van der Waals surface area contributed by atoms with Crippen molar-refractivity contribution in [2.24, 2.45) is 5.73 Å². The Balaban J connectivity index is 1.91. The number of nitrogens with zero attached hydrogens (tertiary/aromatic N) is 1. The van der Waals surface area contributed by atoms with Gasteiger partial charge < -0.3 is 24.5 Å². The van der Waals surface area contributed by atoms with Gasteiger partial charge in [0.25, 0.3) is 0 Å². The summed E-state index contributed by atoms with van der Waals surface area (Å²) in [5.41, 5.74) is 9.08. The van der Waals surface area contributed by atoms with Gasteiger partial charge in [-0.05, 0) is 37.1 Å². The van der Waals surface area contributed by atoms with E-state index in [9.17, 15) is 9.59 Å². The number of rotatable bonds is 9. The van der Waals surface area contributed by atoms with Crippen LogP contribution >= 0.6 is 11.6 Å². The van der Waals surface area contributed by atoms with Gasteiger partial charge in [-0.1, -0.05) is 31.0 Å². The van der Waals surface area contributed by atoms with Crippen LogP contribution in [0.3, 0.4) is 0 Å². The van der Waals surface area contributed by atoms with Crippen molar-refractivity contribution in [3.05, 3.63) is 57.7 Å². The summed E-state index contributed by atoms with van der Waals surface area (Å²) < 4.78 is 18.3. The van der Waals surface area contributed by atoms with Crippen molar-refractivity contribution in [2.75, 3.05) is 13.9 Å². The van der Waals surface area contributed by atoms with Crippen molar-refractivity contribution in [3.63, 3.8) is 0 Å². The van der Waals surface area contributed by atoms with Crippen molar-refractivity contribution < 1.29 is 23.8 Å². The topological polar surface area (TPSA) is 92.8 Å². The number of aromatic nitrogens is 1. The van der Waals surface area contributed by atoms with Crippen LogP contribution < -0.4 is 15.2 Å². The predicted molar refractivity (Wildman–Crippen MR) is 127 cm³/mol. The Hall–Kier alpha value is -3.03. The largest absolute Gasteiger partial charge is 0.454 e. The van der Waals surface area contributed by atoms with Crippen molar-refractivity contribution in [3.8, 4) is 11.5 Å². The Morgan fingerprint density at radius 3 is 2.61 bits per heavy atom. The van der Waals surface area contributed by atoms with Crippen LogP contribution in [0.15, 0.2) is 30.3 Å². The molecule has 1 atom stereocenters. The number of benzene rings is 2. The smallest absolute Gasteiger partial charge is 0.248 e. The molecule has 2 N–H and O–H groups in total. The number of nitrogens with two attached hydrogens (primary N) is 1. The zero-order chi connectivity index (χ0) is 23.7. The van der Waals surface area contributed by atoms with Crippen LogP contribution in [0.5, 0.6) is 11.5 Å². The van der Waals surface area contributed by atoms with Crippen molar-refractivity contribution in [2.45, 2.75) is 45.8 Å². The fourth-order valence-electron chi connectivity index (χ4n) is 4.24. The summed E-state index contributed by atoms with van der Waals surface area (Å²) in [7, 11) is 1.59. The van der Waals surface area contributed by atoms with Gasteiger partial charge >= 0.3 is 0 Å². The third kappa shape index (κ3) is 4.43. The van der Waals surface area contributed by atoms with E-state index in [1.807, 2.05) is 13.0 Å². The second-order valence-electron chi connectivity index (χ2n) is 8.22. The first-order valence-corrected chi connectivity index (χ1v) is 11.3. The molecule has 4 rings (SSSR count). The monoisotopic (exact) mass is 470 g/mol. The Bertz CT molecular complexity index is 1230.